The third-order valence-corrected chi connectivity index (χ3v) is 3.05. The minimum atomic E-state index is -1.37. The summed E-state index contributed by atoms with van der Waals surface area (Å²) < 4.78 is 26.8. The number of carboxylic acid groups (broad SMARTS) is 1. The van der Waals surface area contributed by atoms with Gasteiger partial charge in [0.2, 0.25) is 0 Å². The number of nitrogens with one attached hydrogen (secondary N) is 1. The van der Waals surface area contributed by atoms with Gasteiger partial charge in [-0.2, -0.15) is 0 Å². The van der Waals surface area contributed by atoms with Crippen LogP contribution in [0.25, 0.3) is 0 Å². The molecular weight excluding hydrogens is 228 g/mol. The van der Waals surface area contributed by atoms with Gasteiger partial charge in [-0.1, -0.05) is 0 Å². The molecule has 0 amide bonds. The molecule has 0 saturated carbocycles. The van der Waals surface area contributed by atoms with Gasteiger partial charge in [-0.05, 0) is 36.9 Å². The molecule has 5 heteroatoms. The lowest BCUT2D eigenvalue weighted by molar-refractivity contribution is 0.0691. The fourth-order valence-corrected chi connectivity index (χ4v) is 2.16. The largest absolute Gasteiger partial charge is 0.478 e. The lowest BCUT2D eigenvalue weighted by Crippen LogP contribution is -2.29. The Morgan fingerprint density at radius 1 is 1.35 bits per heavy atom. The normalized spacial score (nSPS) is 20.2. The standard InChI is InChI=1S/C12H13F2NO2/c13-10-5-11(14)9(12(16)17)4-8(10)7-2-1-3-15-6-7/h4-5,7,15H,1-3,6H2,(H,16,17). The monoisotopic (exact) mass is 241 g/mol. The van der Waals surface area contributed by atoms with E-state index in [-0.39, 0.29) is 11.5 Å². The molecule has 1 aliphatic heterocycles. The van der Waals surface area contributed by atoms with E-state index in [0.717, 1.165) is 25.5 Å². The number of halogens is 2. The van der Waals surface area contributed by atoms with Crippen molar-refractivity contribution in [1.82, 2.24) is 5.32 Å². The van der Waals surface area contributed by atoms with E-state index in [1.165, 1.54) is 0 Å². The molecule has 2 rings (SSSR count). The maximum absolute atomic E-state index is 13.6. The van der Waals surface area contributed by atoms with Gasteiger partial charge in [0.15, 0.2) is 0 Å². The van der Waals surface area contributed by atoms with E-state index in [4.69, 9.17) is 5.11 Å². The van der Waals surface area contributed by atoms with Crippen molar-refractivity contribution in [2.75, 3.05) is 13.1 Å². The van der Waals surface area contributed by atoms with E-state index in [1.807, 2.05) is 0 Å². The molecule has 1 unspecified atom stereocenters. The molecule has 3 nitrogen and oxygen atoms in total. The molecule has 0 radical (unpaired) electrons. The second-order valence-corrected chi connectivity index (χ2v) is 4.20. The lowest BCUT2D eigenvalue weighted by Gasteiger charge is -2.23. The highest BCUT2D eigenvalue weighted by Gasteiger charge is 2.22. The van der Waals surface area contributed by atoms with Crippen LogP contribution in [0.1, 0.15) is 34.7 Å². The molecule has 1 atom stereocenters. The molecule has 0 spiro atoms. The zero-order chi connectivity index (χ0) is 12.4. The number of rotatable bonds is 2. The van der Waals surface area contributed by atoms with Crippen LogP contribution in [0.3, 0.4) is 0 Å². The van der Waals surface area contributed by atoms with E-state index in [0.29, 0.717) is 12.6 Å². The molecule has 0 bridgehead atoms. The maximum Gasteiger partial charge on any atom is 0.338 e. The third-order valence-electron chi connectivity index (χ3n) is 3.05. The smallest absolute Gasteiger partial charge is 0.338 e. The van der Waals surface area contributed by atoms with Gasteiger partial charge < -0.3 is 10.4 Å². The molecule has 1 heterocycles. The third kappa shape index (κ3) is 2.44. The van der Waals surface area contributed by atoms with Crippen LogP contribution < -0.4 is 5.32 Å². The van der Waals surface area contributed by atoms with Crippen LogP contribution in [0, 0.1) is 11.6 Å². The number of hydrogen-bond acceptors (Lipinski definition) is 2. The van der Waals surface area contributed by atoms with Crippen LogP contribution in [0.15, 0.2) is 12.1 Å². The second kappa shape index (κ2) is 4.79. The molecular formula is C12H13F2NO2. The van der Waals surface area contributed by atoms with E-state index in [2.05, 4.69) is 5.32 Å². The molecule has 0 aromatic heterocycles. The second-order valence-electron chi connectivity index (χ2n) is 4.20. The van der Waals surface area contributed by atoms with Gasteiger partial charge in [-0.25, -0.2) is 13.6 Å². The van der Waals surface area contributed by atoms with Crippen LogP contribution in [-0.4, -0.2) is 24.2 Å². The fourth-order valence-electron chi connectivity index (χ4n) is 2.16. The molecule has 1 aromatic rings. The average molecular weight is 241 g/mol. The van der Waals surface area contributed by atoms with Gasteiger partial charge in [0.25, 0.3) is 0 Å². The average Bonchev–Trinajstić information content (AvgIpc) is 2.29. The summed E-state index contributed by atoms with van der Waals surface area (Å²) in [5.74, 6) is -3.14. The summed E-state index contributed by atoms with van der Waals surface area (Å²) in [7, 11) is 0. The van der Waals surface area contributed by atoms with Crippen LogP contribution in [0.5, 0.6) is 0 Å². The summed E-state index contributed by atoms with van der Waals surface area (Å²) >= 11 is 0. The molecule has 1 aliphatic rings. The predicted octanol–water partition coefficient (Wildman–Crippen LogP) is 2.13. The first-order chi connectivity index (χ1) is 8.09. The number of carbonyl (C=O) groups is 1. The SMILES string of the molecule is O=C(O)c1cc(C2CCCNC2)c(F)cc1F. The molecule has 17 heavy (non-hydrogen) atoms. The van der Waals surface area contributed by atoms with Crippen LogP contribution >= 0.6 is 0 Å². The van der Waals surface area contributed by atoms with Crippen LogP contribution in [0.2, 0.25) is 0 Å². The molecule has 1 fully saturated rings. The van der Waals surface area contributed by atoms with Gasteiger partial charge in [-0.3, -0.25) is 0 Å². The Labute approximate surface area is 97.5 Å². The molecule has 2 N–H and O–H groups in total. The Morgan fingerprint density at radius 3 is 2.71 bits per heavy atom. The highest BCUT2D eigenvalue weighted by molar-refractivity contribution is 5.88. The quantitative estimate of drug-likeness (QED) is 0.834. The van der Waals surface area contributed by atoms with Gasteiger partial charge in [-0.15, -0.1) is 0 Å². The summed E-state index contributed by atoms with van der Waals surface area (Å²) in [5.41, 5.74) is -0.178. The van der Waals surface area contributed by atoms with E-state index < -0.39 is 23.2 Å². The highest BCUT2D eigenvalue weighted by Crippen LogP contribution is 2.27. The minimum absolute atomic E-state index is 0.0811. The minimum Gasteiger partial charge on any atom is -0.478 e. The lowest BCUT2D eigenvalue weighted by atomic mass is 9.90. The first-order valence-electron chi connectivity index (χ1n) is 5.52. The van der Waals surface area contributed by atoms with Gasteiger partial charge in [0.1, 0.15) is 11.6 Å². The predicted molar refractivity (Wildman–Crippen MR) is 58.2 cm³/mol. The number of benzene rings is 1. The van der Waals surface area contributed by atoms with Crippen molar-refractivity contribution < 1.29 is 18.7 Å². The molecule has 1 saturated heterocycles. The highest BCUT2D eigenvalue weighted by atomic mass is 19.1. The van der Waals surface area contributed by atoms with Crippen molar-refractivity contribution in [2.24, 2.45) is 0 Å². The van der Waals surface area contributed by atoms with Crippen LogP contribution in [-0.2, 0) is 0 Å². The summed E-state index contributed by atoms with van der Waals surface area (Å²) in [5, 5.41) is 11.9. The topological polar surface area (TPSA) is 49.3 Å². The fraction of sp³-hybridized carbons (Fsp3) is 0.417. The van der Waals surface area contributed by atoms with Gasteiger partial charge in [0, 0.05) is 12.6 Å². The summed E-state index contributed by atoms with van der Waals surface area (Å²) in [4.78, 5) is 10.8. The van der Waals surface area contributed by atoms with Crippen molar-refractivity contribution in [2.45, 2.75) is 18.8 Å². The van der Waals surface area contributed by atoms with E-state index in [1.54, 1.807) is 0 Å². The molecule has 1 aromatic carbocycles. The zero-order valence-corrected chi connectivity index (χ0v) is 9.17. The van der Waals surface area contributed by atoms with Crippen molar-refractivity contribution in [3.05, 3.63) is 34.9 Å². The Hall–Kier alpha value is -1.49. The molecule has 0 aliphatic carbocycles. The Balaban J connectivity index is 2.38. The summed E-state index contributed by atoms with van der Waals surface area (Å²) in [6.07, 6.45) is 1.69. The Morgan fingerprint density at radius 2 is 2.12 bits per heavy atom. The number of aromatic carboxylic acids is 1. The van der Waals surface area contributed by atoms with Gasteiger partial charge >= 0.3 is 5.97 Å². The Kier molecular flexibility index (Phi) is 3.38. The van der Waals surface area contributed by atoms with Gasteiger partial charge in [0.05, 0.1) is 5.56 Å². The van der Waals surface area contributed by atoms with Crippen molar-refractivity contribution in [3.63, 3.8) is 0 Å². The van der Waals surface area contributed by atoms with Crippen LogP contribution in [0.4, 0.5) is 8.78 Å². The summed E-state index contributed by atoms with van der Waals surface area (Å²) in [6.45, 7) is 1.48. The first-order valence-corrected chi connectivity index (χ1v) is 5.52. The van der Waals surface area contributed by atoms with E-state index in [9.17, 15) is 13.6 Å². The Bertz CT molecular complexity index is 442. The number of carboxylic acids is 1. The number of hydrogen-bond donors (Lipinski definition) is 2. The van der Waals surface area contributed by atoms with E-state index >= 15 is 0 Å². The first kappa shape index (κ1) is 12.0. The summed E-state index contributed by atoms with van der Waals surface area (Å²) in [6, 6.07) is 1.78. The van der Waals surface area contributed by atoms with Crippen molar-refractivity contribution >= 4 is 5.97 Å². The number of piperidine rings is 1. The molecule has 92 valence electrons. The van der Waals surface area contributed by atoms with Crippen molar-refractivity contribution in [3.8, 4) is 0 Å². The maximum atomic E-state index is 13.6. The van der Waals surface area contributed by atoms with Crippen molar-refractivity contribution in [1.29, 1.82) is 0 Å². The zero-order valence-electron chi connectivity index (χ0n) is 9.17.